The lowest BCUT2D eigenvalue weighted by atomic mass is 9.64. The lowest BCUT2D eigenvalue weighted by Crippen LogP contribution is -2.37. The van der Waals surface area contributed by atoms with Gasteiger partial charge in [-0.25, -0.2) is 0 Å². The summed E-state index contributed by atoms with van der Waals surface area (Å²) in [6.45, 7) is 4.73. The molecular formula is C64H42N2O2. The van der Waals surface area contributed by atoms with Crippen molar-refractivity contribution in [3.05, 3.63) is 252 Å². The van der Waals surface area contributed by atoms with E-state index in [1.54, 1.807) is 0 Å². The van der Waals surface area contributed by atoms with E-state index in [4.69, 9.17) is 9.15 Å². The molecule has 2 aliphatic carbocycles. The Morgan fingerprint density at radius 1 is 0.397 bits per heavy atom. The molecule has 1 spiro atoms. The predicted molar refractivity (Wildman–Crippen MR) is 277 cm³/mol. The number of nitrogens with zero attached hydrogens (tertiary/aromatic N) is 2. The largest absolute Gasteiger partial charge is 0.455 e. The van der Waals surface area contributed by atoms with Gasteiger partial charge in [0.15, 0.2) is 11.5 Å². The van der Waals surface area contributed by atoms with Gasteiger partial charge in [-0.05, 0) is 128 Å². The Bertz CT molecular complexity index is 3950. The number of hydrogen-bond acceptors (Lipinski definition) is 4. The Morgan fingerprint density at radius 3 is 1.78 bits per heavy atom. The molecule has 0 saturated carbocycles. The number of fused-ring (bicyclic) bond motifs is 17. The first-order valence-corrected chi connectivity index (χ1v) is 23.6. The minimum Gasteiger partial charge on any atom is -0.455 e. The maximum Gasteiger partial charge on any atom is 0.151 e. The SMILES string of the molecule is CC1(C)c2ccccc2-c2ccc(N(c3ccc(-c4cccc5c4oc4ccccc45)cc3)c3ccc4c(c3)C3(c5ccccc5-4)c4ccccc4N4c5ccccc5Oc5cccc3c54)cc21. The van der Waals surface area contributed by atoms with E-state index >= 15 is 0 Å². The van der Waals surface area contributed by atoms with Crippen molar-refractivity contribution in [3.63, 3.8) is 0 Å². The van der Waals surface area contributed by atoms with Gasteiger partial charge in [0.05, 0.1) is 22.5 Å². The Morgan fingerprint density at radius 2 is 0.956 bits per heavy atom. The fourth-order valence-electron chi connectivity index (χ4n) is 12.5. The van der Waals surface area contributed by atoms with Gasteiger partial charge in [0.25, 0.3) is 0 Å². The quantitative estimate of drug-likeness (QED) is 0.176. The maximum absolute atomic E-state index is 6.80. The zero-order valence-electron chi connectivity index (χ0n) is 37.5. The van der Waals surface area contributed by atoms with E-state index in [2.05, 4.69) is 236 Å². The number of furan rings is 1. The summed E-state index contributed by atoms with van der Waals surface area (Å²) in [5.74, 6) is 1.72. The van der Waals surface area contributed by atoms with Gasteiger partial charge in [0, 0.05) is 38.8 Å². The van der Waals surface area contributed by atoms with E-state index in [9.17, 15) is 0 Å². The van der Waals surface area contributed by atoms with Crippen molar-refractivity contribution in [1.29, 1.82) is 0 Å². The van der Waals surface area contributed by atoms with Crippen molar-refractivity contribution in [2.45, 2.75) is 24.7 Å². The van der Waals surface area contributed by atoms with Crippen molar-refractivity contribution in [3.8, 4) is 44.9 Å². The zero-order valence-corrected chi connectivity index (χ0v) is 37.5. The number of para-hydroxylation sites is 6. The highest BCUT2D eigenvalue weighted by Crippen LogP contribution is 2.67. The third kappa shape index (κ3) is 4.83. The van der Waals surface area contributed by atoms with Gasteiger partial charge in [0.1, 0.15) is 11.2 Å². The van der Waals surface area contributed by atoms with Crippen LogP contribution in [0.1, 0.15) is 47.2 Å². The molecular weight excluding hydrogens is 829 g/mol. The molecule has 15 rings (SSSR count). The van der Waals surface area contributed by atoms with Crippen LogP contribution in [0.2, 0.25) is 0 Å². The summed E-state index contributed by atoms with van der Waals surface area (Å²) in [6, 6.07) is 80.1. The summed E-state index contributed by atoms with van der Waals surface area (Å²) in [5.41, 5.74) is 22.5. The normalized spacial score (nSPS) is 16.1. The molecule has 0 saturated heterocycles. The fraction of sp³-hybridized carbons (Fsp3) is 0.0625. The summed E-state index contributed by atoms with van der Waals surface area (Å²) >= 11 is 0. The highest BCUT2D eigenvalue weighted by molar-refractivity contribution is 6.09. The lowest BCUT2D eigenvalue weighted by Gasteiger charge is -2.47. The van der Waals surface area contributed by atoms with Crippen LogP contribution in [0.25, 0.3) is 55.3 Å². The Hall–Kier alpha value is -8.60. The molecule has 4 nitrogen and oxygen atoms in total. The molecule has 4 heteroatoms. The van der Waals surface area contributed by atoms with Crippen LogP contribution in [-0.2, 0) is 10.8 Å². The van der Waals surface area contributed by atoms with Gasteiger partial charge in [-0.3, -0.25) is 0 Å². The molecule has 0 bridgehead atoms. The second-order valence-electron chi connectivity index (χ2n) is 19.2. The van der Waals surface area contributed by atoms with E-state index < -0.39 is 5.41 Å². The van der Waals surface area contributed by atoms with Crippen LogP contribution in [0.4, 0.5) is 34.1 Å². The molecule has 1 aromatic heterocycles. The molecule has 320 valence electrons. The summed E-state index contributed by atoms with van der Waals surface area (Å²) in [4.78, 5) is 4.89. The summed E-state index contributed by atoms with van der Waals surface area (Å²) in [5, 5.41) is 2.26. The number of rotatable bonds is 4. The van der Waals surface area contributed by atoms with Crippen LogP contribution in [0.5, 0.6) is 11.5 Å². The van der Waals surface area contributed by atoms with Gasteiger partial charge in [-0.2, -0.15) is 0 Å². The lowest BCUT2D eigenvalue weighted by molar-refractivity contribution is 0.473. The summed E-state index contributed by atoms with van der Waals surface area (Å²) in [6.07, 6.45) is 0. The van der Waals surface area contributed by atoms with Gasteiger partial charge in [0.2, 0.25) is 0 Å². The van der Waals surface area contributed by atoms with Crippen LogP contribution in [0.3, 0.4) is 0 Å². The smallest absolute Gasteiger partial charge is 0.151 e. The Labute approximate surface area is 394 Å². The van der Waals surface area contributed by atoms with E-state index in [0.717, 1.165) is 78.7 Å². The van der Waals surface area contributed by atoms with Crippen LogP contribution >= 0.6 is 0 Å². The van der Waals surface area contributed by atoms with Gasteiger partial charge in [-0.1, -0.05) is 166 Å². The zero-order chi connectivity index (χ0) is 44.9. The maximum atomic E-state index is 6.80. The number of hydrogen-bond donors (Lipinski definition) is 0. The summed E-state index contributed by atoms with van der Waals surface area (Å²) < 4.78 is 13.3. The molecule has 0 radical (unpaired) electrons. The molecule has 0 N–H and O–H groups in total. The molecule has 1 atom stereocenters. The monoisotopic (exact) mass is 870 g/mol. The van der Waals surface area contributed by atoms with Gasteiger partial charge >= 0.3 is 0 Å². The van der Waals surface area contributed by atoms with Crippen LogP contribution in [0, 0.1) is 0 Å². The molecule has 3 heterocycles. The molecule has 10 aromatic carbocycles. The average Bonchev–Trinajstić information content (AvgIpc) is 3.99. The number of benzene rings is 10. The Kier molecular flexibility index (Phi) is 7.46. The average molecular weight is 871 g/mol. The third-order valence-electron chi connectivity index (χ3n) is 15.5. The minimum atomic E-state index is -0.640. The molecule has 4 aliphatic rings. The number of ether oxygens (including phenoxy) is 1. The van der Waals surface area contributed by atoms with E-state index in [1.807, 2.05) is 6.07 Å². The number of anilines is 6. The Balaban J connectivity index is 0.962. The van der Waals surface area contributed by atoms with Crippen LogP contribution < -0.4 is 14.5 Å². The first-order chi connectivity index (χ1) is 33.5. The van der Waals surface area contributed by atoms with Crippen LogP contribution in [-0.4, -0.2) is 0 Å². The van der Waals surface area contributed by atoms with Gasteiger partial charge < -0.3 is 19.0 Å². The second kappa shape index (κ2) is 13.5. The van der Waals surface area contributed by atoms with E-state index in [0.29, 0.717) is 0 Å². The first-order valence-electron chi connectivity index (χ1n) is 23.6. The fourth-order valence-corrected chi connectivity index (χ4v) is 12.5. The van der Waals surface area contributed by atoms with Crippen molar-refractivity contribution in [2.75, 3.05) is 9.80 Å². The van der Waals surface area contributed by atoms with Gasteiger partial charge in [-0.15, -0.1) is 0 Å². The second-order valence-corrected chi connectivity index (χ2v) is 19.2. The molecule has 0 fully saturated rings. The topological polar surface area (TPSA) is 28.9 Å². The minimum absolute atomic E-state index is 0.170. The van der Waals surface area contributed by atoms with Crippen LogP contribution in [0.15, 0.2) is 223 Å². The predicted octanol–water partition coefficient (Wildman–Crippen LogP) is 17.3. The van der Waals surface area contributed by atoms with Crippen molar-refractivity contribution in [2.24, 2.45) is 0 Å². The van der Waals surface area contributed by atoms with E-state index in [1.165, 1.54) is 55.6 Å². The first kappa shape index (κ1) is 37.6. The standard InChI is InChI=1S/C64H42N2O2/c1-63(2)50-20-6-3-15-44(50)46-35-33-41(37-54(46)63)65(40-31-29-39(30-32-40)43-18-13-19-49-48-17-5-11-26-58(48)68-62(43)49)42-34-36-47-45-16-4-7-21-51(45)64(55(47)38-42)52-22-8-9-24-56(52)66-57-25-10-12-27-59(57)67-60-28-14-23-53(64)61(60)66/h3-38H,1-2H3. The van der Waals surface area contributed by atoms with E-state index in [-0.39, 0.29) is 5.41 Å². The van der Waals surface area contributed by atoms with Crippen molar-refractivity contribution in [1.82, 2.24) is 0 Å². The third-order valence-corrected chi connectivity index (χ3v) is 15.5. The molecule has 11 aromatic rings. The molecule has 2 aliphatic heterocycles. The van der Waals surface area contributed by atoms with Crippen molar-refractivity contribution >= 4 is 56.1 Å². The van der Waals surface area contributed by atoms with Crippen molar-refractivity contribution < 1.29 is 9.15 Å². The highest BCUT2D eigenvalue weighted by Gasteiger charge is 2.53. The summed E-state index contributed by atoms with van der Waals surface area (Å²) in [7, 11) is 0. The molecule has 1 unspecified atom stereocenters. The highest BCUT2D eigenvalue weighted by atomic mass is 16.5. The molecule has 68 heavy (non-hydrogen) atoms. The molecule has 0 amide bonds.